The summed E-state index contributed by atoms with van der Waals surface area (Å²) in [6.07, 6.45) is 0. The van der Waals surface area contributed by atoms with Gasteiger partial charge in [0.1, 0.15) is 5.82 Å². The van der Waals surface area contributed by atoms with Crippen LogP contribution in [0, 0.1) is 12.7 Å². The van der Waals surface area contributed by atoms with Gasteiger partial charge in [0, 0.05) is 6.54 Å². The van der Waals surface area contributed by atoms with Crippen LogP contribution in [0.3, 0.4) is 0 Å². The second-order valence-corrected chi connectivity index (χ2v) is 3.54. The highest BCUT2D eigenvalue weighted by atomic mass is 19.1. The van der Waals surface area contributed by atoms with E-state index in [1.165, 1.54) is 0 Å². The molecule has 78 valence electrons. The number of hydrogen-bond acceptors (Lipinski definition) is 1. The zero-order chi connectivity index (χ0) is 10.6. The van der Waals surface area contributed by atoms with E-state index in [1.54, 1.807) is 13.0 Å². The number of hydrogen-bond donors (Lipinski definition) is 0. The fourth-order valence-electron chi connectivity index (χ4n) is 1.44. The minimum atomic E-state index is -0.102. The smallest absolute Gasteiger partial charge is 0.126 e. The Morgan fingerprint density at radius 3 is 2.36 bits per heavy atom. The van der Waals surface area contributed by atoms with Crippen LogP contribution < -0.4 is 0 Å². The van der Waals surface area contributed by atoms with Crippen LogP contribution in [0.4, 0.5) is 4.39 Å². The highest BCUT2D eigenvalue weighted by molar-refractivity contribution is 5.23. The van der Waals surface area contributed by atoms with Crippen LogP contribution in [-0.4, -0.2) is 18.0 Å². The molecule has 0 fully saturated rings. The minimum absolute atomic E-state index is 0.102. The van der Waals surface area contributed by atoms with E-state index < -0.39 is 0 Å². The van der Waals surface area contributed by atoms with Gasteiger partial charge >= 0.3 is 0 Å². The summed E-state index contributed by atoms with van der Waals surface area (Å²) < 4.78 is 13.2. The molecular weight excluding hydrogens is 177 g/mol. The monoisotopic (exact) mass is 195 g/mol. The van der Waals surface area contributed by atoms with Crippen LogP contribution in [-0.2, 0) is 6.54 Å². The normalized spacial score (nSPS) is 10.9. The molecule has 0 atom stereocenters. The molecule has 0 saturated carbocycles. The van der Waals surface area contributed by atoms with Gasteiger partial charge in [0.05, 0.1) is 0 Å². The number of halogens is 1. The molecule has 0 amide bonds. The summed E-state index contributed by atoms with van der Waals surface area (Å²) in [4.78, 5) is 2.27. The third-order valence-electron chi connectivity index (χ3n) is 2.54. The maximum absolute atomic E-state index is 13.2. The SMILES string of the molecule is CCN(CC)Cc1ccc(C)c(F)c1. The van der Waals surface area contributed by atoms with Crippen molar-refractivity contribution in [3.05, 3.63) is 35.1 Å². The van der Waals surface area contributed by atoms with Crippen molar-refractivity contribution in [1.82, 2.24) is 4.90 Å². The van der Waals surface area contributed by atoms with Gasteiger partial charge in [0.25, 0.3) is 0 Å². The standard InChI is InChI=1S/C12H18FN/c1-4-14(5-2)9-11-7-6-10(3)12(13)8-11/h6-8H,4-5,9H2,1-3H3. The van der Waals surface area contributed by atoms with Gasteiger partial charge in [0.15, 0.2) is 0 Å². The first kappa shape index (κ1) is 11.2. The zero-order valence-electron chi connectivity index (χ0n) is 9.18. The van der Waals surface area contributed by atoms with Crippen molar-refractivity contribution in [2.45, 2.75) is 27.3 Å². The van der Waals surface area contributed by atoms with E-state index in [2.05, 4.69) is 18.7 Å². The van der Waals surface area contributed by atoms with Gasteiger partial charge in [-0.15, -0.1) is 0 Å². The van der Waals surface area contributed by atoms with Crippen molar-refractivity contribution in [3.63, 3.8) is 0 Å². The second-order valence-electron chi connectivity index (χ2n) is 3.54. The molecule has 1 rings (SSSR count). The molecule has 0 aromatic heterocycles. The Morgan fingerprint density at radius 1 is 1.21 bits per heavy atom. The molecule has 0 bridgehead atoms. The summed E-state index contributed by atoms with van der Waals surface area (Å²) in [5, 5.41) is 0. The van der Waals surface area contributed by atoms with Gasteiger partial charge in [0.2, 0.25) is 0 Å². The lowest BCUT2D eigenvalue weighted by atomic mass is 10.1. The third kappa shape index (κ3) is 2.81. The van der Waals surface area contributed by atoms with Crippen molar-refractivity contribution in [3.8, 4) is 0 Å². The minimum Gasteiger partial charge on any atom is -0.300 e. The molecule has 0 radical (unpaired) electrons. The van der Waals surface area contributed by atoms with Crippen molar-refractivity contribution in [2.75, 3.05) is 13.1 Å². The lowest BCUT2D eigenvalue weighted by Gasteiger charge is -2.18. The van der Waals surface area contributed by atoms with Crippen molar-refractivity contribution in [1.29, 1.82) is 0 Å². The van der Waals surface area contributed by atoms with Gasteiger partial charge < -0.3 is 0 Å². The Labute approximate surface area is 85.5 Å². The summed E-state index contributed by atoms with van der Waals surface area (Å²) >= 11 is 0. The molecule has 14 heavy (non-hydrogen) atoms. The first-order valence-electron chi connectivity index (χ1n) is 5.14. The Hall–Kier alpha value is -0.890. The number of aryl methyl sites for hydroxylation is 1. The highest BCUT2D eigenvalue weighted by Gasteiger charge is 2.03. The second kappa shape index (κ2) is 5.11. The van der Waals surface area contributed by atoms with Crippen molar-refractivity contribution < 1.29 is 4.39 Å². The summed E-state index contributed by atoms with van der Waals surface area (Å²) in [5.74, 6) is -0.102. The van der Waals surface area contributed by atoms with E-state index >= 15 is 0 Å². The fraction of sp³-hybridized carbons (Fsp3) is 0.500. The maximum Gasteiger partial charge on any atom is 0.126 e. The Kier molecular flexibility index (Phi) is 4.08. The average Bonchev–Trinajstić information content (AvgIpc) is 2.19. The number of benzene rings is 1. The van der Waals surface area contributed by atoms with Crippen molar-refractivity contribution >= 4 is 0 Å². The van der Waals surface area contributed by atoms with Crippen LogP contribution in [0.2, 0.25) is 0 Å². The molecule has 1 aromatic rings. The Balaban J connectivity index is 2.72. The fourth-order valence-corrected chi connectivity index (χ4v) is 1.44. The van der Waals surface area contributed by atoms with Gasteiger partial charge in [-0.3, -0.25) is 4.90 Å². The van der Waals surface area contributed by atoms with Gasteiger partial charge in [-0.2, -0.15) is 0 Å². The molecule has 0 saturated heterocycles. The summed E-state index contributed by atoms with van der Waals surface area (Å²) in [5.41, 5.74) is 1.77. The predicted octanol–water partition coefficient (Wildman–Crippen LogP) is 2.98. The van der Waals surface area contributed by atoms with Gasteiger partial charge in [-0.1, -0.05) is 26.0 Å². The zero-order valence-corrected chi connectivity index (χ0v) is 9.18. The van der Waals surface area contributed by atoms with Crippen LogP contribution in [0.15, 0.2) is 18.2 Å². The van der Waals surface area contributed by atoms with E-state index in [0.29, 0.717) is 5.56 Å². The molecule has 2 heteroatoms. The number of rotatable bonds is 4. The number of nitrogens with zero attached hydrogens (tertiary/aromatic N) is 1. The van der Waals surface area contributed by atoms with Crippen LogP contribution in [0.1, 0.15) is 25.0 Å². The van der Waals surface area contributed by atoms with Crippen LogP contribution in [0.5, 0.6) is 0 Å². The highest BCUT2D eigenvalue weighted by Crippen LogP contribution is 2.11. The van der Waals surface area contributed by atoms with Crippen LogP contribution >= 0.6 is 0 Å². The molecule has 1 aromatic carbocycles. The van der Waals surface area contributed by atoms with Crippen molar-refractivity contribution in [2.24, 2.45) is 0 Å². The molecule has 0 aliphatic rings. The molecule has 0 heterocycles. The summed E-state index contributed by atoms with van der Waals surface area (Å²) in [6.45, 7) is 8.88. The van der Waals surface area contributed by atoms with E-state index in [-0.39, 0.29) is 5.82 Å². The quantitative estimate of drug-likeness (QED) is 0.714. The third-order valence-corrected chi connectivity index (χ3v) is 2.54. The molecular formula is C12H18FN. The maximum atomic E-state index is 13.2. The van der Waals surface area contributed by atoms with E-state index in [1.807, 2.05) is 12.1 Å². The molecule has 0 spiro atoms. The first-order valence-corrected chi connectivity index (χ1v) is 5.14. The van der Waals surface area contributed by atoms with Gasteiger partial charge in [-0.25, -0.2) is 4.39 Å². The summed E-state index contributed by atoms with van der Waals surface area (Å²) in [7, 11) is 0. The lowest BCUT2D eigenvalue weighted by Crippen LogP contribution is -2.22. The molecule has 0 aliphatic heterocycles. The molecule has 0 N–H and O–H groups in total. The largest absolute Gasteiger partial charge is 0.300 e. The summed E-state index contributed by atoms with van der Waals surface area (Å²) in [6, 6.07) is 5.47. The topological polar surface area (TPSA) is 3.24 Å². The van der Waals surface area contributed by atoms with E-state index in [9.17, 15) is 4.39 Å². The molecule has 0 unspecified atom stereocenters. The Bertz CT molecular complexity index is 292. The van der Waals surface area contributed by atoms with Crippen LogP contribution in [0.25, 0.3) is 0 Å². The van der Waals surface area contributed by atoms with Gasteiger partial charge in [-0.05, 0) is 37.2 Å². The van der Waals surface area contributed by atoms with E-state index in [0.717, 1.165) is 25.2 Å². The average molecular weight is 195 g/mol. The van der Waals surface area contributed by atoms with E-state index in [4.69, 9.17) is 0 Å². The Morgan fingerprint density at radius 2 is 1.86 bits per heavy atom. The first-order chi connectivity index (χ1) is 6.67. The molecule has 0 aliphatic carbocycles. The predicted molar refractivity (Wildman–Crippen MR) is 57.8 cm³/mol. The molecule has 1 nitrogen and oxygen atoms in total. The lowest BCUT2D eigenvalue weighted by molar-refractivity contribution is 0.295.